The fraction of sp³-hybridized carbons (Fsp3) is 0.440. The standard InChI is InChI=1S/C25H22F7NO7S/c1-23(2,25(30,31)32)40-21(34)8-12-3-6-19-18(7-12)33(11-20(39-19)14-10-15(14)22(35)36)41(37,38)13-4-5-17(26)16(9-13)24(27,28)29/h3-7,9,14-15,20H,8,10-11H2,1-2H3,(H,35,36)/t14-,15-,20+/m0/s1. The molecule has 1 saturated carbocycles. The van der Waals surface area contributed by atoms with Crippen LogP contribution in [-0.4, -0.2) is 49.9 Å². The number of carbonyl (C=O) groups excluding carboxylic acids is 1. The van der Waals surface area contributed by atoms with Crippen molar-refractivity contribution in [3.05, 3.63) is 53.3 Å². The summed E-state index contributed by atoms with van der Waals surface area (Å²) in [4.78, 5) is 22.7. The minimum atomic E-state index is -5.22. The highest BCUT2D eigenvalue weighted by Gasteiger charge is 2.53. The topological polar surface area (TPSA) is 110 Å². The maximum Gasteiger partial charge on any atom is 0.427 e. The number of halogens is 7. The zero-order chi connectivity index (χ0) is 30.7. The number of hydrogen-bond acceptors (Lipinski definition) is 6. The molecule has 0 unspecified atom stereocenters. The molecule has 0 saturated heterocycles. The molecule has 2 aromatic carbocycles. The Balaban J connectivity index is 1.72. The van der Waals surface area contributed by atoms with Crippen molar-refractivity contribution in [2.75, 3.05) is 10.8 Å². The number of carboxylic acid groups (broad SMARTS) is 1. The first-order chi connectivity index (χ1) is 18.7. The van der Waals surface area contributed by atoms with E-state index in [2.05, 4.69) is 4.74 Å². The van der Waals surface area contributed by atoms with Crippen LogP contribution < -0.4 is 9.04 Å². The van der Waals surface area contributed by atoms with Gasteiger partial charge in [-0.25, -0.2) is 12.8 Å². The number of rotatable bonds is 7. The summed E-state index contributed by atoms with van der Waals surface area (Å²) in [5.41, 5.74) is -4.94. The van der Waals surface area contributed by atoms with E-state index in [4.69, 9.17) is 4.74 Å². The van der Waals surface area contributed by atoms with Crippen molar-refractivity contribution >= 4 is 27.6 Å². The summed E-state index contributed by atoms with van der Waals surface area (Å²) in [6.45, 7) is 0.734. The molecule has 0 bridgehead atoms. The minimum Gasteiger partial charge on any atom is -0.486 e. The second-order valence-electron chi connectivity index (χ2n) is 10.1. The summed E-state index contributed by atoms with van der Waals surface area (Å²) >= 11 is 0. The van der Waals surface area contributed by atoms with E-state index in [1.807, 2.05) is 0 Å². The van der Waals surface area contributed by atoms with Gasteiger partial charge >= 0.3 is 24.3 Å². The smallest absolute Gasteiger partial charge is 0.427 e. The van der Waals surface area contributed by atoms with E-state index in [9.17, 15) is 53.8 Å². The number of aliphatic carboxylic acids is 1. The van der Waals surface area contributed by atoms with Crippen LogP contribution in [0.5, 0.6) is 5.75 Å². The minimum absolute atomic E-state index is 0.0149. The third-order valence-corrected chi connectivity index (χ3v) is 8.56. The molecule has 1 N–H and O–H groups in total. The Hall–Kier alpha value is -3.56. The third kappa shape index (κ3) is 6.06. The summed E-state index contributed by atoms with van der Waals surface area (Å²) in [6, 6.07) is 4.61. The fourth-order valence-corrected chi connectivity index (χ4v) is 5.85. The maximum atomic E-state index is 13.9. The molecular formula is C25H22F7NO7S. The number of carboxylic acids is 1. The van der Waals surface area contributed by atoms with Crippen molar-refractivity contribution < 1.29 is 63.3 Å². The van der Waals surface area contributed by atoms with Crippen LogP contribution in [0.2, 0.25) is 0 Å². The summed E-state index contributed by atoms with van der Waals surface area (Å²) in [5, 5.41) is 9.29. The Morgan fingerprint density at radius 3 is 2.29 bits per heavy atom. The molecule has 4 rings (SSSR count). The van der Waals surface area contributed by atoms with E-state index >= 15 is 0 Å². The summed E-state index contributed by atoms with van der Waals surface area (Å²) < 4.78 is 131. The number of nitrogens with zero attached hydrogens (tertiary/aromatic N) is 1. The fourth-order valence-electron chi connectivity index (χ4n) is 4.34. The number of anilines is 1. The Labute approximate surface area is 228 Å². The molecule has 1 aliphatic carbocycles. The molecule has 16 heteroatoms. The quantitative estimate of drug-likeness (QED) is 0.348. The van der Waals surface area contributed by atoms with E-state index in [0.29, 0.717) is 30.3 Å². The first kappa shape index (κ1) is 30.4. The summed E-state index contributed by atoms with van der Waals surface area (Å²) in [5.74, 6) is -5.76. The van der Waals surface area contributed by atoms with Crippen LogP contribution >= 0.6 is 0 Å². The first-order valence-electron chi connectivity index (χ1n) is 11.9. The van der Waals surface area contributed by atoms with Crippen LogP contribution in [0.25, 0.3) is 0 Å². The van der Waals surface area contributed by atoms with Gasteiger partial charge in [-0.15, -0.1) is 0 Å². The van der Waals surface area contributed by atoms with Gasteiger partial charge in [0.2, 0.25) is 5.60 Å². The molecule has 8 nitrogen and oxygen atoms in total. The number of alkyl halides is 6. The van der Waals surface area contributed by atoms with Crippen molar-refractivity contribution in [2.45, 2.75) is 55.6 Å². The number of hydrogen-bond donors (Lipinski definition) is 1. The molecule has 224 valence electrons. The van der Waals surface area contributed by atoms with E-state index < -0.39 is 87.1 Å². The van der Waals surface area contributed by atoms with Crippen LogP contribution in [0.1, 0.15) is 31.4 Å². The van der Waals surface area contributed by atoms with Gasteiger partial charge in [0.25, 0.3) is 10.0 Å². The van der Waals surface area contributed by atoms with Crippen molar-refractivity contribution in [1.29, 1.82) is 0 Å². The van der Waals surface area contributed by atoms with Gasteiger partial charge < -0.3 is 14.6 Å². The molecule has 0 amide bonds. The highest BCUT2D eigenvalue weighted by molar-refractivity contribution is 7.92. The van der Waals surface area contributed by atoms with Gasteiger partial charge in [-0.05, 0) is 56.2 Å². The van der Waals surface area contributed by atoms with Gasteiger partial charge in [-0.2, -0.15) is 26.3 Å². The lowest BCUT2D eigenvalue weighted by molar-refractivity contribution is -0.257. The van der Waals surface area contributed by atoms with Crippen molar-refractivity contribution in [2.24, 2.45) is 11.8 Å². The lowest BCUT2D eigenvalue weighted by Crippen LogP contribution is -2.45. The molecule has 2 aliphatic rings. The van der Waals surface area contributed by atoms with E-state index in [-0.39, 0.29) is 29.5 Å². The maximum absolute atomic E-state index is 13.9. The van der Waals surface area contributed by atoms with Crippen LogP contribution in [0.4, 0.5) is 36.4 Å². The highest BCUT2D eigenvalue weighted by Crippen LogP contribution is 2.48. The summed E-state index contributed by atoms with van der Waals surface area (Å²) in [6.07, 6.45) is -11.7. The van der Waals surface area contributed by atoms with Gasteiger partial charge in [0, 0.05) is 5.92 Å². The lowest BCUT2D eigenvalue weighted by atomic mass is 10.1. The Morgan fingerprint density at radius 2 is 1.73 bits per heavy atom. The average Bonchev–Trinajstić information content (AvgIpc) is 3.63. The lowest BCUT2D eigenvalue weighted by Gasteiger charge is -2.36. The van der Waals surface area contributed by atoms with Crippen LogP contribution in [0, 0.1) is 17.7 Å². The molecule has 2 aromatic rings. The van der Waals surface area contributed by atoms with Gasteiger partial charge in [0.05, 0.1) is 35.0 Å². The van der Waals surface area contributed by atoms with E-state index in [1.165, 1.54) is 12.1 Å². The molecule has 1 fully saturated rings. The van der Waals surface area contributed by atoms with Gasteiger partial charge in [0.1, 0.15) is 17.7 Å². The average molecular weight is 614 g/mol. The summed E-state index contributed by atoms with van der Waals surface area (Å²) in [7, 11) is -4.87. The Bertz CT molecular complexity index is 1490. The van der Waals surface area contributed by atoms with Gasteiger partial charge in [-0.1, -0.05) is 6.07 Å². The number of fused-ring (bicyclic) bond motifs is 1. The second-order valence-corrected chi connectivity index (χ2v) is 12.0. The SMILES string of the molecule is CC(C)(OC(=O)Cc1ccc2c(c1)N(S(=O)(=O)c1ccc(F)c(C(F)(F)F)c1)C[C@H]([C@H]1C[C@@H]1C(=O)O)O2)C(F)(F)F. The Kier molecular flexibility index (Phi) is 7.46. The second kappa shape index (κ2) is 10.1. The van der Waals surface area contributed by atoms with Crippen molar-refractivity contribution in [1.82, 2.24) is 0 Å². The zero-order valence-electron chi connectivity index (χ0n) is 21.2. The molecule has 41 heavy (non-hydrogen) atoms. The predicted octanol–water partition coefficient (Wildman–Crippen LogP) is 4.95. The van der Waals surface area contributed by atoms with Crippen molar-refractivity contribution in [3.8, 4) is 5.75 Å². The van der Waals surface area contributed by atoms with Crippen LogP contribution in [0.3, 0.4) is 0 Å². The third-order valence-electron chi connectivity index (χ3n) is 6.78. The molecule has 1 heterocycles. The highest BCUT2D eigenvalue weighted by atomic mass is 32.2. The first-order valence-corrected chi connectivity index (χ1v) is 13.4. The van der Waals surface area contributed by atoms with Crippen molar-refractivity contribution in [3.63, 3.8) is 0 Å². The zero-order valence-corrected chi connectivity index (χ0v) is 22.0. The molecule has 0 spiro atoms. The van der Waals surface area contributed by atoms with E-state index in [1.54, 1.807) is 0 Å². The van der Waals surface area contributed by atoms with Crippen LogP contribution in [0.15, 0.2) is 41.3 Å². The molecule has 0 aromatic heterocycles. The molecule has 1 aliphatic heterocycles. The number of carbonyl (C=O) groups is 2. The molecular weight excluding hydrogens is 591 g/mol. The number of benzene rings is 2. The monoisotopic (exact) mass is 613 g/mol. The van der Waals surface area contributed by atoms with Gasteiger partial charge in [-0.3, -0.25) is 13.9 Å². The number of ether oxygens (including phenoxy) is 2. The largest absolute Gasteiger partial charge is 0.486 e. The molecule has 0 radical (unpaired) electrons. The van der Waals surface area contributed by atoms with Crippen LogP contribution in [-0.2, 0) is 36.9 Å². The Morgan fingerprint density at radius 1 is 1.07 bits per heavy atom. The molecule has 3 atom stereocenters. The van der Waals surface area contributed by atoms with Gasteiger partial charge in [0.15, 0.2) is 0 Å². The van der Waals surface area contributed by atoms with E-state index in [0.717, 1.165) is 6.07 Å². The number of sulfonamides is 1. The normalized spacial score (nSPS) is 21.1. The predicted molar refractivity (Wildman–Crippen MR) is 126 cm³/mol. The number of esters is 1.